The summed E-state index contributed by atoms with van der Waals surface area (Å²) in [4.78, 5) is 13.6. The lowest BCUT2D eigenvalue weighted by Crippen LogP contribution is -2.23. The highest BCUT2D eigenvalue weighted by Gasteiger charge is 2.41. The molecule has 15 heavy (non-hydrogen) atoms. The first kappa shape index (κ1) is 10.4. The van der Waals surface area contributed by atoms with E-state index in [0.29, 0.717) is 13.0 Å². The van der Waals surface area contributed by atoms with Crippen molar-refractivity contribution in [1.82, 2.24) is 10.3 Å². The second-order valence-electron chi connectivity index (χ2n) is 4.11. The van der Waals surface area contributed by atoms with Gasteiger partial charge in [-0.3, -0.25) is 4.79 Å². The number of aromatic nitrogens is 1. The molecule has 1 heterocycles. The molecule has 0 unspecified atom stereocenters. The summed E-state index contributed by atoms with van der Waals surface area (Å²) in [5.41, 5.74) is 1.16. The predicted molar refractivity (Wildman–Crippen MR) is 58.5 cm³/mol. The first-order valence-corrected chi connectivity index (χ1v) is 5.86. The molecule has 2 rings (SSSR count). The number of hydrogen-bond donors (Lipinski definition) is 2. The monoisotopic (exact) mass is 223 g/mol. The number of aromatic amines is 1. The van der Waals surface area contributed by atoms with Gasteiger partial charge < -0.3 is 10.3 Å². The first-order valence-electron chi connectivity index (χ1n) is 4.98. The number of hydrogen-bond acceptors (Lipinski definition) is 4. The molecule has 0 spiro atoms. The van der Waals surface area contributed by atoms with Crippen LogP contribution in [0.5, 0.6) is 0 Å². The maximum absolute atomic E-state index is 10.9. The first-order chi connectivity index (χ1) is 7.24. The van der Waals surface area contributed by atoms with Crippen LogP contribution in [-0.2, 0) is 6.54 Å². The van der Waals surface area contributed by atoms with E-state index in [1.165, 1.54) is 11.3 Å². The number of H-pyrrole nitrogens is 1. The van der Waals surface area contributed by atoms with E-state index in [2.05, 4.69) is 16.4 Å². The summed E-state index contributed by atoms with van der Waals surface area (Å²) in [6, 6.07) is 2.23. The Bertz CT molecular complexity index is 424. The van der Waals surface area contributed by atoms with Gasteiger partial charge in [0, 0.05) is 30.6 Å². The van der Waals surface area contributed by atoms with Crippen LogP contribution in [-0.4, -0.2) is 11.5 Å². The lowest BCUT2D eigenvalue weighted by molar-refractivity contribution is 0.465. The molecule has 1 aromatic rings. The molecule has 0 aliphatic heterocycles. The van der Waals surface area contributed by atoms with Crippen molar-refractivity contribution in [1.29, 1.82) is 5.26 Å². The fourth-order valence-corrected chi connectivity index (χ4v) is 2.20. The van der Waals surface area contributed by atoms with Crippen LogP contribution in [0.4, 0.5) is 0 Å². The van der Waals surface area contributed by atoms with E-state index >= 15 is 0 Å². The van der Waals surface area contributed by atoms with Gasteiger partial charge in [0.1, 0.15) is 0 Å². The molecule has 2 N–H and O–H groups in total. The van der Waals surface area contributed by atoms with Gasteiger partial charge in [-0.05, 0) is 18.3 Å². The molecular weight excluding hydrogens is 210 g/mol. The Labute approximate surface area is 91.9 Å². The highest BCUT2D eigenvalue weighted by Crippen LogP contribution is 2.47. The summed E-state index contributed by atoms with van der Waals surface area (Å²) in [6.45, 7) is 1.56. The zero-order valence-corrected chi connectivity index (χ0v) is 9.19. The number of nitrogens with one attached hydrogen (secondary N) is 2. The third-order valence-electron chi connectivity index (χ3n) is 2.80. The lowest BCUT2D eigenvalue weighted by atomic mass is 10.0. The molecule has 5 heteroatoms. The second kappa shape index (κ2) is 4.17. The van der Waals surface area contributed by atoms with Gasteiger partial charge in [-0.1, -0.05) is 11.3 Å². The normalized spacial score (nSPS) is 17.3. The van der Waals surface area contributed by atoms with Gasteiger partial charge in [-0.2, -0.15) is 5.26 Å². The van der Waals surface area contributed by atoms with Crippen LogP contribution in [0.1, 0.15) is 25.0 Å². The summed E-state index contributed by atoms with van der Waals surface area (Å²) >= 11 is 1.18. The predicted octanol–water partition coefficient (Wildman–Crippen LogP) is 1.22. The fraction of sp³-hybridized carbons (Fsp3) is 0.600. The van der Waals surface area contributed by atoms with Crippen LogP contribution in [0.25, 0.3) is 0 Å². The Morgan fingerprint density at radius 1 is 1.67 bits per heavy atom. The molecule has 1 fully saturated rings. The Morgan fingerprint density at radius 3 is 3.00 bits per heavy atom. The van der Waals surface area contributed by atoms with Gasteiger partial charge in [0.05, 0.1) is 6.07 Å². The van der Waals surface area contributed by atoms with E-state index in [1.807, 2.05) is 5.38 Å². The molecule has 0 saturated heterocycles. The summed E-state index contributed by atoms with van der Waals surface area (Å²) in [5, 5.41) is 13.8. The Kier molecular flexibility index (Phi) is 2.89. The highest BCUT2D eigenvalue weighted by atomic mass is 32.1. The number of rotatable bonds is 5. The second-order valence-corrected chi connectivity index (χ2v) is 4.95. The van der Waals surface area contributed by atoms with E-state index < -0.39 is 0 Å². The molecule has 1 saturated carbocycles. The minimum absolute atomic E-state index is 0.00930. The van der Waals surface area contributed by atoms with Crippen molar-refractivity contribution in [2.45, 2.75) is 25.8 Å². The van der Waals surface area contributed by atoms with Crippen molar-refractivity contribution in [3.8, 4) is 6.07 Å². The Morgan fingerprint density at radius 2 is 2.47 bits per heavy atom. The largest absolute Gasteiger partial charge is 0.315 e. The van der Waals surface area contributed by atoms with Crippen molar-refractivity contribution < 1.29 is 0 Å². The maximum Gasteiger partial charge on any atom is 0.304 e. The van der Waals surface area contributed by atoms with E-state index in [1.54, 1.807) is 0 Å². The standard InChI is InChI=1S/C10H13N3OS/c11-4-3-10(1-2-10)7-12-5-8-6-15-9(14)13-8/h6,12H,1-3,5,7H2,(H,13,14). The third kappa shape index (κ3) is 2.67. The van der Waals surface area contributed by atoms with Crippen LogP contribution in [0, 0.1) is 16.7 Å². The van der Waals surface area contributed by atoms with E-state index in [4.69, 9.17) is 5.26 Å². The molecule has 0 radical (unpaired) electrons. The lowest BCUT2D eigenvalue weighted by Gasteiger charge is -2.10. The molecule has 0 aromatic carbocycles. The Balaban J connectivity index is 1.76. The van der Waals surface area contributed by atoms with Crippen LogP contribution >= 0.6 is 11.3 Å². The van der Waals surface area contributed by atoms with E-state index in [0.717, 1.165) is 25.1 Å². The third-order valence-corrected chi connectivity index (χ3v) is 3.52. The Hall–Kier alpha value is -1.12. The molecule has 0 bridgehead atoms. The fourth-order valence-electron chi connectivity index (χ4n) is 1.62. The zero-order chi connectivity index (χ0) is 10.7. The molecule has 1 aliphatic carbocycles. The highest BCUT2D eigenvalue weighted by molar-refractivity contribution is 7.07. The minimum Gasteiger partial charge on any atom is -0.315 e. The van der Waals surface area contributed by atoms with Crippen LogP contribution < -0.4 is 10.2 Å². The smallest absolute Gasteiger partial charge is 0.304 e. The van der Waals surface area contributed by atoms with Crippen LogP contribution in [0.3, 0.4) is 0 Å². The van der Waals surface area contributed by atoms with Crippen LogP contribution in [0.2, 0.25) is 0 Å². The molecule has 4 nitrogen and oxygen atoms in total. The van der Waals surface area contributed by atoms with Gasteiger partial charge in [-0.15, -0.1) is 0 Å². The van der Waals surface area contributed by atoms with Gasteiger partial charge in [0.2, 0.25) is 0 Å². The topological polar surface area (TPSA) is 68.7 Å². The van der Waals surface area contributed by atoms with E-state index in [-0.39, 0.29) is 10.3 Å². The average Bonchev–Trinajstić information content (AvgIpc) is 2.83. The van der Waals surface area contributed by atoms with Gasteiger partial charge >= 0.3 is 4.87 Å². The van der Waals surface area contributed by atoms with Crippen molar-refractivity contribution in [3.63, 3.8) is 0 Å². The van der Waals surface area contributed by atoms with Crippen molar-refractivity contribution in [3.05, 3.63) is 20.7 Å². The SMILES string of the molecule is N#CCC1(CNCc2csc(=O)[nH]2)CC1. The summed E-state index contributed by atoms with van der Waals surface area (Å²) < 4.78 is 0. The number of nitriles is 1. The summed E-state index contributed by atoms with van der Waals surface area (Å²) in [6.07, 6.45) is 2.93. The number of thiazole rings is 1. The number of nitrogens with zero attached hydrogens (tertiary/aromatic N) is 1. The van der Waals surface area contributed by atoms with Gasteiger partial charge in [-0.25, -0.2) is 0 Å². The van der Waals surface area contributed by atoms with Gasteiger partial charge in [0.15, 0.2) is 0 Å². The minimum atomic E-state index is -0.00930. The average molecular weight is 223 g/mol. The van der Waals surface area contributed by atoms with Gasteiger partial charge in [0.25, 0.3) is 0 Å². The maximum atomic E-state index is 10.9. The quantitative estimate of drug-likeness (QED) is 0.788. The van der Waals surface area contributed by atoms with Crippen molar-refractivity contribution >= 4 is 11.3 Å². The summed E-state index contributed by atoms with van der Waals surface area (Å²) in [7, 11) is 0. The molecule has 80 valence electrons. The molecule has 0 amide bonds. The van der Waals surface area contributed by atoms with Crippen molar-refractivity contribution in [2.75, 3.05) is 6.54 Å². The molecule has 1 aliphatic rings. The van der Waals surface area contributed by atoms with Crippen molar-refractivity contribution in [2.24, 2.45) is 5.41 Å². The van der Waals surface area contributed by atoms with Crippen LogP contribution in [0.15, 0.2) is 10.2 Å². The summed E-state index contributed by atoms with van der Waals surface area (Å²) in [5.74, 6) is 0. The molecular formula is C10H13N3OS. The molecule has 0 atom stereocenters. The van der Waals surface area contributed by atoms with E-state index in [9.17, 15) is 4.79 Å². The zero-order valence-electron chi connectivity index (χ0n) is 8.38. The molecule has 1 aromatic heterocycles.